The van der Waals surface area contributed by atoms with Gasteiger partial charge in [0.15, 0.2) is 0 Å². The lowest BCUT2D eigenvalue weighted by Crippen LogP contribution is -2.41. The monoisotopic (exact) mass is 490 g/mol. The van der Waals surface area contributed by atoms with Gasteiger partial charge in [-0.05, 0) is 66.5 Å². The van der Waals surface area contributed by atoms with Gasteiger partial charge in [0.2, 0.25) is 5.91 Å². The standard InChI is InChI=1S/C28H34N4O4/c1-19-14-22(6-7-27(19)34)26(31-20(2)33)17-24(16-25-18-30-25)21-4-3-5-23(15-21)28(35)29-8-9-32-10-12-36-13-11-32/h3-7,14-15,17,25,30,34H,8-13,16,18H2,1-2H3,(H,29,35)/b24-17+,31-26?. The third kappa shape index (κ3) is 7.34. The number of aromatic hydroxyl groups is 1. The van der Waals surface area contributed by atoms with E-state index in [4.69, 9.17) is 4.74 Å². The number of carbonyl (C=O) groups is 2. The van der Waals surface area contributed by atoms with E-state index in [2.05, 4.69) is 20.5 Å². The number of nitrogens with one attached hydrogen (secondary N) is 2. The SMILES string of the molecule is CC(=O)N=C(/C=C(\CC1CN1)c1cccc(C(=O)NCCN2CCOCC2)c1)c1ccc(O)c(C)c1. The van der Waals surface area contributed by atoms with Crippen molar-refractivity contribution < 1.29 is 19.4 Å². The molecule has 190 valence electrons. The van der Waals surface area contributed by atoms with Gasteiger partial charge >= 0.3 is 0 Å². The highest BCUT2D eigenvalue weighted by atomic mass is 16.5. The van der Waals surface area contributed by atoms with Crippen molar-refractivity contribution in [2.75, 3.05) is 45.9 Å². The fourth-order valence-electron chi connectivity index (χ4n) is 4.20. The second kappa shape index (κ2) is 12.1. The van der Waals surface area contributed by atoms with E-state index in [1.807, 2.05) is 43.3 Å². The Bertz CT molecular complexity index is 1160. The second-order valence-corrected chi connectivity index (χ2v) is 9.29. The number of hydrogen-bond acceptors (Lipinski definition) is 6. The van der Waals surface area contributed by atoms with Crippen molar-refractivity contribution in [1.29, 1.82) is 0 Å². The molecular weight excluding hydrogens is 456 g/mol. The quantitative estimate of drug-likeness (QED) is 0.368. The Morgan fingerprint density at radius 2 is 1.92 bits per heavy atom. The first kappa shape index (κ1) is 25.8. The van der Waals surface area contributed by atoms with E-state index >= 15 is 0 Å². The molecule has 1 unspecified atom stereocenters. The topological polar surface area (TPSA) is 113 Å². The number of carbonyl (C=O) groups excluding carboxylic acids is 2. The molecule has 1 atom stereocenters. The Hall–Kier alpha value is -3.33. The zero-order valence-electron chi connectivity index (χ0n) is 20.9. The number of phenols is 1. The zero-order chi connectivity index (χ0) is 25.5. The molecule has 0 saturated carbocycles. The maximum absolute atomic E-state index is 12.9. The number of ether oxygens (including phenoxy) is 1. The van der Waals surface area contributed by atoms with Gasteiger partial charge in [-0.1, -0.05) is 12.1 Å². The van der Waals surface area contributed by atoms with Crippen molar-refractivity contribution in [2.24, 2.45) is 4.99 Å². The third-order valence-electron chi connectivity index (χ3n) is 6.35. The lowest BCUT2D eigenvalue weighted by atomic mass is 9.95. The summed E-state index contributed by atoms with van der Waals surface area (Å²) < 4.78 is 5.37. The molecule has 0 aliphatic carbocycles. The van der Waals surface area contributed by atoms with Crippen LogP contribution in [0.1, 0.15) is 40.4 Å². The maximum atomic E-state index is 12.9. The molecule has 0 radical (unpaired) electrons. The third-order valence-corrected chi connectivity index (χ3v) is 6.35. The lowest BCUT2D eigenvalue weighted by Gasteiger charge is -2.26. The van der Waals surface area contributed by atoms with Crippen LogP contribution in [0.25, 0.3) is 5.57 Å². The molecule has 0 bridgehead atoms. The molecule has 36 heavy (non-hydrogen) atoms. The molecule has 2 saturated heterocycles. The molecule has 2 aromatic carbocycles. The Morgan fingerprint density at radius 3 is 2.61 bits per heavy atom. The minimum Gasteiger partial charge on any atom is -0.508 e. The number of morpholine rings is 1. The fourth-order valence-corrected chi connectivity index (χ4v) is 4.20. The molecule has 2 aliphatic rings. The Balaban J connectivity index is 1.56. The predicted octanol–water partition coefficient (Wildman–Crippen LogP) is 2.54. The summed E-state index contributed by atoms with van der Waals surface area (Å²) >= 11 is 0. The van der Waals surface area contributed by atoms with Crippen LogP contribution in [0.3, 0.4) is 0 Å². The highest BCUT2D eigenvalue weighted by Crippen LogP contribution is 2.26. The van der Waals surface area contributed by atoms with Gasteiger partial charge in [-0.3, -0.25) is 14.5 Å². The summed E-state index contributed by atoms with van der Waals surface area (Å²) in [4.78, 5) is 31.4. The molecular formula is C28H34N4O4. The molecule has 8 nitrogen and oxygen atoms in total. The van der Waals surface area contributed by atoms with Crippen LogP contribution in [0.15, 0.2) is 53.5 Å². The van der Waals surface area contributed by atoms with Crippen LogP contribution in [-0.4, -0.2) is 79.5 Å². The minimum absolute atomic E-state index is 0.110. The highest BCUT2D eigenvalue weighted by Gasteiger charge is 2.23. The molecule has 2 fully saturated rings. The van der Waals surface area contributed by atoms with Gasteiger partial charge in [0.25, 0.3) is 5.91 Å². The number of rotatable bonds is 9. The molecule has 3 N–H and O–H groups in total. The average molecular weight is 491 g/mol. The van der Waals surface area contributed by atoms with Crippen molar-refractivity contribution in [3.63, 3.8) is 0 Å². The van der Waals surface area contributed by atoms with Gasteiger partial charge in [-0.25, -0.2) is 4.99 Å². The Kier molecular flexibility index (Phi) is 8.64. The lowest BCUT2D eigenvalue weighted by molar-refractivity contribution is -0.115. The number of amides is 2. The largest absolute Gasteiger partial charge is 0.508 e. The van der Waals surface area contributed by atoms with Gasteiger partial charge in [-0.15, -0.1) is 0 Å². The summed E-state index contributed by atoms with van der Waals surface area (Å²) in [7, 11) is 0. The first-order valence-corrected chi connectivity index (χ1v) is 12.4. The Morgan fingerprint density at radius 1 is 1.17 bits per heavy atom. The first-order chi connectivity index (χ1) is 17.4. The van der Waals surface area contributed by atoms with E-state index < -0.39 is 0 Å². The van der Waals surface area contributed by atoms with Crippen molar-refractivity contribution in [1.82, 2.24) is 15.5 Å². The summed E-state index contributed by atoms with van der Waals surface area (Å²) in [5, 5.41) is 16.3. The van der Waals surface area contributed by atoms with Gasteiger partial charge in [-0.2, -0.15) is 0 Å². The number of aliphatic imine (C=N–C) groups is 1. The predicted molar refractivity (Wildman–Crippen MR) is 140 cm³/mol. The summed E-state index contributed by atoms with van der Waals surface area (Å²) in [5.41, 5.74) is 4.48. The molecule has 2 aliphatic heterocycles. The van der Waals surface area contributed by atoms with Crippen LogP contribution in [-0.2, 0) is 9.53 Å². The summed E-state index contributed by atoms with van der Waals surface area (Å²) in [6, 6.07) is 13.1. The van der Waals surface area contributed by atoms with E-state index in [-0.39, 0.29) is 17.6 Å². The average Bonchev–Trinajstić information content (AvgIpc) is 3.69. The van der Waals surface area contributed by atoms with Gasteiger partial charge in [0.1, 0.15) is 5.75 Å². The van der Waals surface area contributed by atoms with E-state index in [0.29, 0.717) is 29.4 Å². The molecule has 8 heteroatoms. The van der Waals surface area contributed by atoms with Gasteiger partial charge in [0.05, 0.1) is 18.9 Å². The molecule has 0 spiro atoms. The van der Waals surface area contributed by atoms with Gasteiger partial charge in [0, 0.05) is 56.8 Å². The second-order valence-electron chi connectivity index (χ2n) is 9.29. The van der Waals surface area contributed by atoms with Crippen molar-refractivity contribution in [2.45, 2.75) is 26.3 Å². The number of nitrogens with zero attached hydrogens (tertiary/aromatic N) is 2. The van der Waals surface area contributed by atoms with Gasteiger partial charge < -0.3 is 20.5 Å². The Labute approximate surface area is 212 Å². The smallest absolute Gasteiger partial charge is 0.251 e. The number of phenolic OH excluding ortho intramolecular Hbond substituents is 1. The fraction of sp³-hybridized carbons (Fsp3) is 0.393. The molecule has 2 heterocycles. The van der Waals surface area contributed by atoms with E-state index in [1.54, 1.807) is 12.1 Å². The molecule has 4 rings (SSSR count). The summed E-state index contributed by atoms with van der Waals surface area (Å²) in [5.74, 6) is -0.218. The van der Waals surface area contributed by atoms with E-state index in [9.17, 15) is 14.7 Å². The normalized spacial score (nSPS) is 18.7. The first-order valence-electron chi connectivity index (χ1n) is 12.4. The van der Waals surface area contributed by atoms with Crippen LogP contribution >= 0.6 is 0 Å². The molecule has 0 aromatic heterocycles. The van der Waals surface area contributed by atoms with Crippen LogP contribution in [0.5, 0.6) is 5.75 Å². The zero-order valence-corrected chi connectivity index (χ0v) is 20.9. The number of hydrogen-bond donors (Lipinski definition) is 3. The summed E-state index contributed by atoms with van der Waals surface area (Å²) in [6.45, 7) is 8.78. The minimum atomic E-state index is -0.302. The highest BCUT2D eigenvalue weighted by molar-refractivity contribution is 6.16. The van der Waals surface area contributed by atoms with Crippen LogP contribution in [0.4, 0.5) is 0 Å². The van der Waals surface area contributed by atoms with E-state index in [0.717, 1.165) is 62.5 Å². The number of benzene rings is 2. The number of allylic oxidation sites excluding steroid dienone is 1. The van der Waals surface area contributed by atoms with Crippen molar-refractivity contribution in [3.8, 4) is 5.75 Å². The maximum Gasteiger partial charge on any atom is 0.251 e. The van der Waals surface area contributed by atoms with Crippen molar-refractivity contribution in [3.05, 3.63) is 70.8 Å². The van der Waals surface area contributed by atoms with Crippen LogP contribution in [0, 0.1) is 6.92 Å². The van der Waals surface area contributed by atoms with Crippen LogP contribution < -0.4 is 10.6 Å². The van der Waals surface area contributed by atoms with E-state index in [1.165, 1.54) is 6.92 Å². The number of aryl methyl sites for hydroxylation is 1. The summed E-state index contributed by atoms with van der Waals surface area (Å²) in [6.07, 6.45) is 2.67. The molecule has 2 amide bonds. The van der Waals surface area contributed by atoms with Crippen molar-refractivity contribution >= 4 is 23.1 Å². The molecule has 2 aromatic rings. The van der Waals surface area contributed by atoms with Crippen LogP contribution in [0.2, 0.25) is 0 Å².